The van der Waals surface area contributed by atoms with Crippen LogP contribution in [0.4, 0.5) is 0 Å². The fourth-order valence-corrected chi connectivity index (χ4v) is 4.33. The molecule has 2 aromatic heterocycles. The molecule has 1 unspecified atom stereocenters. The van der Waals surface area contributed by atoms with Gasteiger partial charge in [-0.2, -0.15) is 0 Å². The van der Waals surface area contributed by atoms with Crippen LogP contribution in [-0.4, -0.2) is 38.7 Å². The number of ether oxygens (including phenoxy) is 2. The minimum absolute atomic E-state index is 0.0346. The molecule has 0 radical (unpaired) electrons. The topological polar surface area (TPSA) is 94.4 Å². The molecular weight excluding hydrogens is 382 g/mol. The number of aryl methyl sites for hydroxylation is 2. The van der Waals surface area contributed by atoms with Crippen molar-refractivity contribution in [3.05, 3.63) is 58.8 Å². The smallest absolute Gasteiger partial charge is 0.304 e. The summed E-state index contributed by atoms with van der Waals surface area (Å²) in [5, 5.41) is 9.04. The van der Waals surface area contributed by atoms with Gasteiger partial charge in [-0.3, -0.25) is 4.79 Å². The zero-order chi connectivity index (χ0) is 21.4. The molecule has 7 nitrogen and oxygen atoms in total. The minimum Gasteiger partial charge on any atom is -0.492 e. The van der Waals surface area contributed by atoms with Crippen LogP contribution in [0.25, 0.3) is 5.57 Å². The zero-order valence-corrected chi connectivity index (χ0v) is 17.4. The summed E-state index contributed by atoms with van der Waals surface area (Å²) in [6.07, 6.45) is 4.90. The summed E-state index contributed by atoms with van der Waals surface area (Å²) in [4.78, 5) is 24.0. The van der Waals surface area contributed by atoms with E-state index < -0.39 is 5.97 Å². The first kappa shape index (κ1) is 20.1. The summed E-state index contributed by atoms with van der Waals surface area (Å²) in [5.41, 5.74) is 6.94. The van der Waals surface area contributed by atoms with Crippen molar-refractivity contribution in [1.29, 1.82) is 0 Å². The Balaban J connectivity index is 1.52. The third-order valence-electron chi connectivity index (χ3n) is 5.94. The number of fused-ring (bicyclic) bond motifs is 1. The van der Waals surface area contributed by atoms with Crippen molar-refractivity contribution >= 4 is 11.5 Å². The Kier molecular flexibility index (Phi) is 5.28. The average Bonchev–Trinajstić information content (AvgIpc) is 3.25. The number of allylic oxidation sites excluding steroid dienone is 2. The largest absolute Gasteiger partial charge is 0.492 e. The van der Waals surface area contributed by atoms with E-state index in [1.165, 1.54) is 5.57 Å². The van der Waals surface area contributed by atoms with Crippen molar-refractivity contribution in [1.82, 2.24) is 15.0 Å². The highest BCUT2D eigenvalue weighted by Crippen LogP contribution is 2.40. The molecule has 1 N–H and O–H groups in total. The van der Waals surface area contributed by atoms with Crippen LogP contribution < -0.4 is 9.47 Å². The highest BCUT2D eigenvalue weighted by Gasteiger charge is 2.30. The van der Waals surface area contributed by atoms with Gasteiger partial charge in [0.25, 0.3) is 0 Å². The molecule has 7 heteroatoms. The van der Waals surface area contributed by atoms with Gasteiger partial charge in [0.1, 0.15) is 18.2 Å². The third-order valence-corrected chi connectivity index (χ3v) is 5.94. The number of rotatable bonds is 6. The second kappa shape index (κ2) is 7.89. The lowest BCUT2D eigenvalue weighted by atomic mass is 9.95. The van der Waals surface area contributed by atoms with Gasteiger partial charge in [0.15, 0.2) is 0 Å². The van der Waals surface area contributed by atoms with Crippen molar-refractivity contribution in [2.24, 2.45) is 0 Å². The van der Waals surface area contributed by atoms with Crippen molar-refractivity contribution in [3.63, 3.8) is 0 Å². The molecule has 0 amide bonds. The van der Waals surface area contributed by atoms with Gasteiger partial charge in [0.2, 0.25) is 5.88 Å². The van der Waals surface area contributed by atoms with E-state index in [4.69, 9.17) is 14.6 Å². The number of aliphatic carboxylic acids is 1. The molecule has 156 valence electrons. The van der Waals surface area contributed by atoms with Crippen molar-refractivity contribution < 1.29 is 19.4 Å². The number of pyridine rings is 1. The second-order valence-corrected chi connectivity index (χ2v) is 7.87. The Labute approximate surface area is 175 Å². The molecule has 4 rings (SSSR count). The summed E-state index contributed by atoms with van der Waals surface area (Å²) in [7, 11) is 0. The van der Waals surface area contributed by atoms with Gasteiger partial charge >= 0.3 is 5.97 Å². The number of hydrogen-bond donors (Lipinski definition) is 1. The number of hydrogen-bond acceptors (Lipinski definition) is 6. The van der Waals surface area contributed by atoms with E-state index in [1.807, 2.05) is 13.8 Å². The van der Waals surface area contributed by atoms with Crippen molar-refractivity contribution in [3.8, 4) is 11.6 Å². The molecule has 2 atom stereocenters. The Hall–Kier alpha value is -3.22. The molecule has 0 saturated carbocycles. The molecule has 0 aromatic carbocycles. The summed E-state index contributed by atoms with van der Waals surface area (Å²) in [6.45, 7) is 10.7. The number of nitrogens with zero attached hydrogens (tertiary/aromatic N) is 3. The van der Waals surface area contributed by atoms with Gasteiger partial charge in [-0.25, -0.2) is 15.0 Å². The molecule has 1 aliphatic carbocycles. The summed E-state index contributed by atoms with van der Waals surface area (Å²) in [6, 6.07) is 1.76. The van der Waals surface area contributed by atoms with E-state index in [0.29, 0.717) is 18.2 Å². The van der Waals surface area contributed by atoms with Gasteiger partial charge in [0.05, 0.1) is 13.0 Å². The Morgan fingerprint density at radius 2 is 2.00 bits per heavy atom. The number of carboxylic acid groups (broad SMARTS) is 1. The maximum absolute atomic E-state index is 11.0. The predicted molar refractivity (Wildman–Crippen MR) is 112 cm³/mol. The summed E-state index contributed by atoms with van der Waals surface area (Å²) in [5.74, 6) is 0.131. The quantitative estimate of drug-likeness (QED) is 0.773. The fraction of sp³-hybridized carbons (Fsp3) is 0.391. The minimum atomic E-state index is -0.842. The van der Waals surface area contributed by atoms with Gasteiger partial charge in [-0.05, 0) is 50.3 Å². The van der Waals surface area contributed by atoms with Crippen LogP contribution in [0.15, 0.2) is 36.3 Å². The van der Waals surface area contributed by atoms with Crippen LogP contribution in [0.2, 0.25) is 0 Å². The van der Waals surface area contributed by atoms with Crippen LogP contribution in [0.1, 0.15) is 54.6 Å². The number of carboxylic acids is 1. The maximum atomic E-state index is 11.0. The van der Waals surface area contributed by atoms with E-state index in [0.717, 1.165) is 46.5 Å². The molecule has 2 aliphatic rings. The average molecular weight is 407 g/mol. The Morgan fingerprint density at radius 1 is 1.27 bits per heavy atom. The van der Waals surface area contributed by atoms with Crippen molar-refractivity contribution in [2.75, 3.05) is 6.61 Å². The molecule has 0 spiro atoms. The highest BCUT2D eigenvalue weighted by atomic mass is 16.5. The van der Waals surface area contributed by atoms with Crippen LogP contribution in [0.5, 0.6) is 11.6 Å². The molecule has 0 saturated heterocycles. The Morgan fingerprint density at radius 3 is 2.70 bits per heavy atom. The number of aromatic nitrogens is 3. The molecule has 0 bridgehead atoms. The molecule has 3 heterocycles. The van der Waals surface area contributed by atoms with Gasteiger partial charge < -0.3 is 14.6 Å². The highest BCUT2D eigenvalue weighted by molar-refractivity contribution is 5.81. The zero-order valence-electron chi connectivity index (χ0n) is 17.4. The van der Waals surface area contributed by atoms with Gasteiger partial charge in [-0.15, -0.1) is 0 Å². The van der Waals surface area contributed by atoms with Crippen LogP contribution in [-0.2, 0) is 4.79 Å². The van der Waals surface area contributed by atoms with E-state index in [1.54, 1.807) is 18.6 Å². The first-order chi connectivity index (χ1) is 14.3. The lowest BCUT2D eigenvalue weighted by molar-refractivity contribution is -0.137. The van der Waals surface area contributed by atoms with E-state index in [2.05, 4.69) is 28.5 Å². The van der Waals surface area contributed by atoms with E-state index in [9.17, 15) is 4.79 Å². The normalized spacial score (nSPS) is 20.1. The Bertz CT molecular complexity index is 1040. The first-order valence-electron chi connectivity index (χ1n) is 10.0. The SMILES string of the molecule is C=C(C1=C(C)C(Oc2cc3c(cn2)[C@H](CC(=O)O)CO3)CC1)c1c(C)ncnc1C. The standard InChI is InChI=1S/C23H25N3O4/c1-12-17(13(2)23-14(3)25-11-26-15(23)4)5-6-19(12)30-21-8-20-18(9-24-21)16(10-29-20)7-22(27)28/h8-9,11,16,19H,2,5-7,10H2,1,3-4H3,(H,27,28)/t16-,19?/m1/s1. The molecule has 30 heavy (non-hydrogen) atoms. The molecule has 0 fully saturated rings. The summed E-state index contributed by atoms with van der Waals surface area (Å²) < 4.78 is 11.8. The molecule has 1 aliphatic heterocycles. The molecular formula is C23H25N3O4. The monoisotopic (exact) mass is 407 g/mol. The maximum Gasteiger partial charge on any atom is 0.304 e. The third kappa shape index (κ3) is 3.67. The van der Waals surface area contributed by atoms with Crippen molar-refractivity contribution in [2.45, 2.75) is 52.1 Å². The predicted octanol–water partition coefficient (Wildman–Crippen LogP) is 4.01. The lowest BCUT2D eigenvalue weighted by Gasteiger charge is -2.16. The van der Waals surface area contributed by atoms with Crippen LogP contribution in [0, 0.1) is 13.8 Å². The van der Waals surface area contributed by atoms with Crippen LogP contribution >= 0.6 is 0 Å². The lowest BCUT2D eigenvalue weighted by Crippen LogP contribution is -2.15. The number of carbonyl (C=O) groups is 1. The van der Waals surface area contributed by atoms with E-state index in [-0.39, 0.29) is 18.4 Å². The van der Waals surface area contributed by atoms with Gasteiger partial charge in [-0.1, -0.05) is 6.58 Å². The second-order valence-electron chi connectivity index (χ2n) is 7.87. The van der Waals surface area contributed by atoms with E-state index >= 15 is 0 Å². The molecule has 2 aromatic rings. The van der Waals surface area contributed by atoms with Gasteiger partial charge in [0, 0.05) is 40.7 Å². The van der Waals surface area contributed by atoms with Crippen LogP contribution in [0.3, 0.4) is 0 Å². The first-order valence-corrected chi connectivity index (χ1v) is 10.0. The fourth-order valence-electron chi connectivity index (χ4n) is 4.33. The summed E-state index contributed by atoms with van der Waals surface area (Å²) >= 11 is 0.